The number of sulfonamides is 1. The largest absolute Gasteiger partial charge is 0.480 e. The van der Waals surface area contributed by atoms with E-state index in [1.807, 2.05) is 0 Å². The molecule has 0 aliphatic rings. The van der Waals surface area contributed by atoms with Crippen molar-refractivity contribution in [2.24, 2.45) is 0 Å². The summed E-state index contributed by atoms with van der Waals surface area (Å²) in [7, 11) is -3.86. The Labute approximate surface area is 133 Å². The zero-order chi connectivity index (χ0) is 17.6. The number of aliphatic carboxylic acids is 1. The first-order valence-electron chi connectivity index (χ1n) is 6.76. The van der Waals surface area contributed by atoms with Crippen LogP contribution < -0.4 is 10.0 Å². The second-order valence-corrected chi connectivity index (χ2v) is 6.63. The van der Waals surface area contributed by atoms with Gasteiger partial charge < -0.3 is 10.4 Å². The fraction of sp³-hybridized carbons (Fsp3) is 0.357. The Balaban J connectivity index is 2.63. The number of ketones is 1. The molecule has 9 heteroatoms. The highest BCUT2D eigenvalue weighted by atomic mass is 32.2. The number of amides is 1. The number of rotatable bonds is 8. The van der Waals surface area contributed by atoms with Crippen molar-refractivity contribution >= 4 is 27.7 Å². The first-order chi connectivity index (χ1) is 10.6. The molecule has 0 radical (unpaired) electrons. The van der Waals surface area contributed by atoms with E-state index in [0.29, 0.717) is 0 Å². The van der Waals surface area contributed by atoms with Gasteiger partial charge in [-0.1, -0.05) is 12.1 Å². The molecule has 0 heterocycles. The minimum Gasteiger partial charge on any atom is -0.480 e. The van der Waals surface area contributed by atoms with Gasteiger partial charge in [-0.05, 0) is 26.0 Å². The van der Waals surface area contributed by atoms with Crippen molar-refractivity contribution < 1.29 is 27.9 Å². The van der Waals surface area contributed by atoms with E-state index < -0.39 is 27.9 Å². The van der Waals surface area contributed by atoms with E-state index >= 15 is 0 Å². The molecule has 0 unspecified atom stereocenters. The normalized spacial score (nSPS) is 12.4. The van der Waals surface area contributed by atoms with Crippen LogP contribution in [-0.2, 0) is 19.6 Å². The molecule has 1 amide bonds. The Bertz CT molecular complexity index is 714. The van der Waals surface area contributed by atoms with Gasteiger partial charge in [0.2, 0.25) is 15.9 Å². The van der Waals surface area contributed by atoms with E-state index in [-0.39, 0.29) is 29.2 Å². The molecule has 126 valence electrons. The first-order valence-corrected chi connectivity index (χ1v) is 8.24. The van der Waals surface area contributed by atoms with Crippen LogP contribution in [0, 0.1) is 0 Å². The zero-order valence-corrected chi connectivity index (χ0v) is 13.5. The van der Waals surface area contributed by atoms with Gasteiger partial charge in [0.15, 0.2) is 5.78 Å². The minimum atomic E-state index is -3.86. The molecule has 1 rings (SSSR count). The molecular formula is C14H18N2O6S. The van der Waals surface area contributed by atoms with Crippen LogP contribution in [0.25, 0.3) is 0 Å². The second-order valence-electron chi connectivity index (χ2n) is 4.86. The van der Waals surface area contributed by atoms with E-state index in [4.69, 9.17) is 5.11 Å². The lowest BCUT2D eigenvalue weighted by atomic mass is 10.2. The van der Waals surface area contributed by atoms with Crippen molar-refractivity contribution in [2.45, 2.75) is 31.2 Å². The maximum absolute atomic E-state index is 12.1. The number of nitrogens with one attached hydrogen (secondary N) is 2. The highest BCUT2D eigenvalue weighted by molar-refractivity contribution is 7.89. The second kappa shape index (κ2) is 7.84. The first kappa shape index (κ1) is 18.8. The molecule has 0 spiro atoms. The van der Waals surface area contributed by atoms with E-state index in [9.17, 15) is 22.8 Å². The summed E-state index contributed by atoms with van der Waals surface area (Å²) < 4.78 is 26.4. The number of Topliss-reactive ketones (excluding diaryl/α,β-unsaturated/α-hetero) is 1. The predicted octanol–water partition coefficient (Wildman–Crippen LogP) is 0.147. The van der Waals surface area contributed by atoms with Crippen molar-refractivity contribution in [3.05, 3.63) is 29.8 Å². The van der Waals surface area contributed by atoms with Gasteiger partial charge in [-0.25, -0.2) is 13.1 Å². The maximum Gasteiger partial charge on any atom is 0.325 e. The van der Waals surface area contributed by atoms with Crippen LogP contribution in [0.1, 0.15) is 30.6 Å². The summed E-state index contributed by atoms with van der Waals surface area (Å²) in [5, 5.41) is 10.9. The lowest BCUT2D eigenvalue weighted by Crippen LogP contribution is -2.39. The molecule has 1 aromatic carbocycles. The van der Waals surface area contributed by atoms with Crippen molar-refractivity contribution in [1.29, 1.82) is 0 Å². The van der Waals surface area contributed by atoms with Crippen molar-refractivity contribution in [3.63, 3.8) is 0 Å². The Morgan fingerprint density at radius 3 is 2.48 bits per heavy atom. The Kier molecular flexibility index (Phi) is 6.40. The topological polar surface area (TPSA) is 130 Å². The smallest absolute Gasteiger partial charge is 0.325 e. The average Bonchev–Trinajstić information content (AvgIpc) is 2.46. The van der Waals surface area contributed by atoms with E-state index in [2.05, 4.69) is 10.0 Å². The minimum absolute atomic E-state index is 0.0792. The third-order valence-corrected chi connectivity index (χ3v) is 4.40. The summed E-state index contributed by atoms with van der Waals surface area (Å²) in [5.74, 6) is -2.02. The molecule has 1 aromatic rings. The molecule has 0 aliphatic carbocycles. The molecule has 23 heavy (non-hydrogen) atoms. The SMILES string of the molecule is CC(=O)c1cccc(S(=O)(=O)NCCC(=O)N[C@@H](C)C(=O)O)c1. The van der Waals surface area contributed by atoms with Crippen molar-refractivity contribution in [1.82, 2.24) is 10.0 Å². The van der Waals surface area contributed by atoms with Crippen LogP contribution in [0.5, 0.6) is 0 Å². The Morgan fingerprint density at radius 1 is 1.26 bits per heavy atom. The van der Waals surface area contributed by atoms with Gasteiger partial charge in [-0.2, -0.15) is 0 Å². The number of carboxylic acids is 1. The maximum atomic E-state index is 12.1. The highest BCUT2D eigenvalue weighted by Gasteiger charge is 2.17. The molecular weight excluding hydrogens is 324 g/mol. The standard InChI is InChI=1S/C14H18N2O6S/c1-9(14(19)20)16-13(18)6-7-15-23(21,22)12-5-3-4-11(8-12)10(2)17/h3-5,8-9,15H,6-7H2,1-2H3,(H,16,18)(H,19,20)/t9-/m0/s1. The quantitative estimate of drug-likeness (QED) is 0.577. The monoisotopic (exact) mass is 342 g/mol. The summed E-state index contributed by atoms with van der Waals surface area (Å²) in [6.45, 7) is 2.44. The number of carboxylic acid groups (broad SMARTS) is 1. The zero-order valence-electron chi connectivity index (χ0n) is 12.7. The van der Waals surface area contributed by atoms with E-state index in [0.717, 1.165) is 0 Å². The Hall–Kier alpha value is -2.26. The van der Waals surface area contributed by atoms with Crippen molar-refractivity contribution in [3.8, 4) is 0 Å². The van der Waals surface area contributed by atoms with Gasteiger partial charge >= 0.3 is 5.97 Å². The Morgan fingerprint density at radius 2 is 1.91 bits per heavy atom. The summed E-state index contributed by atoms with van der Waals surface area (Å²) in [6, 6.07) is 4.49. The van der Waals surface area contributed by atoms with Crippen LogP contribution in [0.15, 0.2) is 29.2 Å². The third-order valence-electron chi connectivity index (χ3n) is 2.94. The molecule has 0 saturated heterocycles. The molecule has 0 aliphatic heterocycles. The lowest BCUT2D eigenvalue weighted by molar-refractivity contribution is -0.141. The van der Waals surface area contributed by atoms with Crippen LogP contribution in [-0.4, -0.2) is 43.8 Å². The van der Waals surface area contributed by atoms with Crippen LogP contribution in [0.4, 0.5) is 0 Å². The van der Waals surface area contributed by atoms with Gasteiger partial charge in [0, 0.05) is 18.5 Å². The summed E-state index contributed by atoms with van der Waals surface area (Å²) in [6.07, 6.45) is -0.205. The summed E-state index contributed by atoms with van der Waals surface area (Å²) in [4.78, 5) is 33.2. The fourth-order valence-corrected chi connectivity index (χ4v) is 2.72. The predicted molar refractivity (Wildman–Crippen MR) is 81.5 cm³/mol. The number of carbonyl (C=O) groups is 3. The molecule has 0 fully saturated rings. The number of hydrogen-bond acceptors (Lipinski definition) is 5. The lowest BCUT2D eigenvalue weighted by Gasteiger charge is -2.10. The highest BCUT2D eigenvalue weighted by Crippen LogP contribution is 2.11. The van der Waals surface area contributed by atoms with Gasteiger partial charge in [0.05, 0.1) is 4.90 Å². The third kappa shape index (κ3) is 5.80. The molecule has 0 aromatic heterocycles. The van der Waals surface area contributed by atoms with Gasteiger partial charge in [-0.15, -0.1) is 0 Å². The molecule has 3 N–H and O–H groups in total. The molecule has 0 saturated carbocycles. The molecule has 1 atom stereocenters. The number of carbonyl (C=O) groups excluding carboxylic acids is 2. The molecule has 0 bridgehead atoms. The van der Waals surface area contributed by atoms with Gasteiger partial charge in [-0.3, -0.25) is 14.4 Å². The van der Waals surface area contributed by atoms with Crippen LogP contribution >= 0.6 is 0 Å². The van der Waals surface area contributed by atoms with Crippen molar-refractivity contribution in [2.75, 3.05) is 6.54 Å². The van der Waals surface area contributed by atoms with Crippen LogP contribution in [0.3, 0.4) is 0 Å². The van der Waals surface area contributed by atoms with Gasteiger partial charge in [0.1, 0.15) is 6.04 Å². The number of benzene rings is 1. The molecule has 8 nitrogen and oxygen atoms in total. The summed E-state index contributed by atoms with van der Waals surface area (Å²) >= 11 is 0. The van der Waals surface area contributed by atoms with Crippen LogP contribution in [0.2, 0.25) is 0 Å². The fourth-order valence-electron chi connectivity index (χ4n) is 1.64. The van der Waals surface area contributed by atoms with E-state index in [1.165, 1.54) is 38.1 Å². The van der Waals surface area contributed by atoms with E-state index in [1.54, 1.807) is 0 Å². The summed E-state index contributed by atoms with van der Waals surface area (Å²) in [5.41, 5.74) is 0.265. The number of hydrogen-bond donors (Lipinski definition) is 3. The average molecular weight is 342 g/mol. The van der Waals surface area contributed by atoms with Gasteiger partial charge in [0.25, 0.3) is 0 Å².